The molecule has 0 aromatic heterocycles. The molecule has 0 spiro atoms. The van der Waals surface area contributed by atoms with Crippen LogP contribution in [0.2, 0.25) is 6.04 Å². The Balaban J connectivity index is 0. The van der Waals surface area contributed by atoms with E-state index in [0.29, 0.717) is 17.6 Å². The average Bonchev–Trinajstić information content (AvgIpc) is 2.06. The van der Waals surface area contributed by atoms with Crippen molar-refractivity contribution in [3.8, 4) is 0 Å². The van der Waals surface area contributed by atoms with Gasteiger partial charge in [0.1, 0.15) is 10.5 Å². The van der Waals surface area contributed by atoms with Crippen LogP contribution in [-0.2, 0) is 4.43 Å². The molecule has 0 N–H and O–H groups in total. The van der Waals surface area contributed by atoms with Gasteiger partial charge in [-0.15, -0.1) is 11.6 Å². The van der Waals surface area contributed by atoms with Gasteiger partial charge in [-0.3, -0.25) is 0 Å². The van der Waals surface area contributed by atoms with Gasteiger partial charge in [-0.05, 0) is 31.7 Å². The van der Waals surface area contributed by atoms with Crippen LogP contribution in [0.1, 0.15) is 13.3 Å². The molecule has 0 aliphatic heterocycles. The quantitative estimate of drug-likeness (QED) is 0.305. The van der Waals surface area contributed by atoms with Crippen LogP contribution in [0.5, 0.6) is 0 Å². The van der Waals surface area contributed by atoms with Crippen LogP contribution in [0.3, 0.4) is 0 Å². The molecule has 70 valence electrons. The second kappa shape index (κ2) is 17.3. The molecule has 11 heavy (non-hydrogen) atoms. The summed E-state index contributed by atoms with van der Waals surface area (Å²) in [5, 5.41) is 0. The summed E-state index contributed by atoms with van der Waals surface area (Å²) >= 11 is 5.49. The summed E-state index contributed by atoms with van der Waals surface area (Å²) in [6, 6.07) is 1.54. The van der Waals surface area contributed by atoms with Crippen molar-refractivity contribution in [1.29, 1.82) is 0 Å². The van der Waals surface area contributed by atoms with Crippen molar-refractivity contribution in [2.24, 2.45) is 0 Å². The van der Waals surface area contributed by atoms with E-state index in [4.69, 9.17) is 11.6 Å². The van der Waals surface area contributed by atoms with E-state index in [1.807, 2.05) is 6.92 Å². The zero-order valence-corrected chi connectivity index (χ0v) is 15.6. The smallest absolute Gasteiger partial charge is 0.145 e. The predicted octanol–water partition coefficient (Wildman–Crippen LogP) is -2.13. The van der Waals surface area contributed by atoms with Crippen LogP contribution >= 0.6 is 11.6 Å². The van der Waals surface area contributed by atoms with Crippen LogP contribution in [0.4, 0.5) is 0 Å². The zero-order valence-electron chi connectivity index (χ0n) is 8.03. The van der Waals surface area contributed by atoms with Crippen LogP contribution in [0, 0.1) is 0 Å². The molecule has 0 unspecified atom stereocenters. The summed E-state index contributed by atoms with van der Waals surface area (Å²) in [4.78, 5) is 0. The second-order valence-corrected chi connectivity index (χ2v) is 19.8. The monoisotopic (exact) mass is 244 g/mol. The molecule has 0 saturated heterocycles. The van der Waals surface area contributed by atoms with Crippen LogP contribution in [-0.4, -0.2) is 50.3 Å². The van der Waals surface area contributed by atoms with Gasteiger partial charge in [0.2, 0.25) is 0 Å². The molecular formula is C5H21ClOSi4. The van der Waals surface area contributed by atoms with Gasteiger partial charge in [0, 0.05) is 21.5 Å². The summed E-state index contributed by atoms with van der Waals surface area (Å²) in [6.45, 7) is 2.87. The lowest BCUT2D eigenvalue weighted by atomic mass is 10.6. The molecular weight excluding hydrogens is 224 g/mol. The number of alkyl halides is 1. The highest BCUT2D eigenvalue weighted by atomic mass is 35.5. The van der Waals surface area contributed by atoms with Crippen molar-refractivity contribution < 1.29 is 4.43 Å². The summed E-state index contributed by atoms with van der Waals surface area (Å²) in [5.74, 6) is 0.906. The van der Waals surface area contributed by atoms with E-state index in [9.17, 15) is 0 Å². The number of hydrogen-bond acceptors (Lipinski definition) is 1. The molecule has 0 radical (unpaired) electrons. The SMILES string of the molecule is CCO[SiH3].[SiH3][SiH2][SiH2]CCCCl. The van der Waals surface area contributed by atoms with E-state index < -0.39 is 0 Å². The van der Waals surface area contributed by atoms with E-state index in [1.54, 1.807) is 15.8 Å². The Morgan fingerprint density at radius 3 is 2.36 bits per heavy atom. The Morgan fingerprint density at radius 2 is 2.09 bits per heavy atom. The third-order valence-electron chi connectivity index (χ3n) is 1.28. The molecule has 1 nitrogen and oxygen atoms in total. The number of hydrogen-bond donors (Lipinski definition) is 0. The Hall–Kier alpha value is 1.12. The summed E-state index contributed by atoms with van der Waals surface area (Å²) in [7, 11) is 3.59. The molecule has 6 heteroatoms. The summed E-state index contributed by atoms with van der Waals surface area (Å²) in [6.07, 6.45) is 1.31. The number of halogens is 1. The highest BCUT2D eigenvalue weighted by Crippen LogP contribution is 1.88. The van der Waals surface area contributed by atoms with Gasteiger partial charge in [-0.25, -0.2) is 0 Å². The molecule has 0 amide bonds. The van der Waals surface area contributed by atoms with E-state index >= 15 is 0 Å². The van der Waals surface area contributed by atoms with E-state index in [-0.39, 0.29) is 0 Å². The molecule has 0 rings (SSSR count). The van der Waals surface area contributed by atoms with Crippen molar-refractivity contribution in [1.82, 2.24) is 0 Å². The van der Waals surface area contributed by atoms with Gasteiger partial charge >= 0.3 is 0 Å². The van der Waals surface area contributed by atoms with Crippen LogP contribution in [0.15, 0.2) is 0 Å². The fraction of sp³-hybridized carbons (Fsp3) is 1.00. The van der Waals surface area contributed by atoms with Crippen molar-refractivity contribution in [3.05, 3.63) is 0 Å². The second-order valence-electron chi connectivity index (χ2n) is 2.33. The van der Waals surface area contributed by atoms with Gasteiger partial charge in [0.25, 0.3) is 0 Å². The van der Waals surface area contributed by atoms with E-state index in [0.717, 1.165) is 23.0 Å². The maximum absolute atomic E-state index is 5.49. The topological polar surface area (TPSA) is 9.23 Å². The molecule has 0 aromatic rings. The first kappa shape index (κ1) is 14.6. The Morgan fingerprint density at radius 1 is 1.55 bits per heavy atom. The maximum atomic E-state index is 5.49. The Labute approximate surface area is 85.8 Å². The van der Waals surface area contributed by atoms with Crippen LogP contribution in [0.25, 0.3) is 0 Å². The number of rotatable bonds is 5. The first-order valence-electron chi connectivity index (χ1n) is 4.38. The fourth-order valence-electron chi connectivity index (χ4n) is 0.521. The predicted molar refractivity (Wildman–Crippen MR) is 68.7 cm³/mol. The van der Waals surface area contributed by atoms with Crippen molar-refractivity contribution in [3.63, 3.8) is 0 Å². The lowest BCUT2D eigenvalue weighted by Gasteiger charge is -1.87. The van der Waals surface area contributed by atoms with Gasteiger partial charge < -0.3 is 4.43 Å². The summed E-state index contributed by atoms with van der Waals surface area (Å²) in [5.41, 5.74) is 0. The lowest BCUT2D eigenvalue weighted by molar-refractivity contribution is 0.375. The molecule has 0 heterocycles. The lowest BCUT2D eigenvalue weighted by Crippen LogP contribution is -2.01. The molecule has 0 aliphatic carbocycles. The molecule has 0 atom stereocenters. The third-order valence-corrected chi connectivity index (χ3v) is 13.8. The third kappa shape index (κ3) is 24.7. The maximum Gasteiger partial charge on any atom is 0.145 e. The minimum Gasteiger partial charge on any atom is -0.428 e. The van der Waals surface area contributed by atoms with Crippen molar-refractivity contribution in [2.75, 3.05) is 12.5 Å². The minimum atomic E-state index is 0.527. The first-order chi connectivity index (χ1) is 5.33. The minimum absolute atomic E-state index is 0.527. The Kier molecular flexibility index (Phi) is 23.0. The highest BCUT2D eigenvalue weighted by molar-refractivity contribution is 7.23. The molecule has 0 saturated carbocycles. The zero-order chi connectivity index (χ0) is 8.95. The standard InChI is InChI=1S/C3H13ClSi3.C2H8OSi/c4-2-1-3-6-7-5;1-2-3-4/h1-3,6-7H2,5H3;2H2,1,4H3. The first-order valence-corrected chi connectivity index (χ1v) is 16.4. The van der Waals surface area contributed by atoms with E-state index in [1.165, 1.54) is 6.42 Å². The molecule has 0 aromatic carbocycles. The molecule has 0 aliphatic rings. The normalized spacial score (nSPS) is 11.5. The molecule has 0 fully saturated rings. The van der Waals surface area contributed by atoms with Crippen LogP contribution < -0.4 is 0 Å². The van der Waals surface area contributed by atoms with Gasteiger partial charge in [-0.2, -0.15) is 0 Å². The highest BCUT2D eigenvalue weighted by Gasteiger charge is 1.82. The Bertz CT molecular complexity index is 51.7. The van der Waals surface area contributed by atoms with Gasteiger partial charge in [0.15, 0.2) is 0 Å². The average molecular weight is 245 g/mol. The van der Waals surface area contributed by atoms with Crippen molar-refractivity contribution >= 4 is 49.4 Å². The van der Waals surface area contributed by atoms with E-state index in [2.05, 4.69) is 4.43 Å². The van der Waals surface area contributed by atoms with Crippen molar-refractivity contribution in [2.45, 2.75) is 19.4 Å². The van der Waals surface area contributed by atoms with Gasteiger partial charge in [0.05, 0.1) is 0 Å². The molecule has 0 bridgehead atoms. The van der Waals surface area contributed by atoms with Gasteiger partial charge in [-0.1, -0.05) is 6.04 Å². The summed E-state index contributed by atoms with van der Waals surface area (Å²) < 4.78 is 4.68. The largest absolute Gasteiger partial charge is 0.428 e. The fourth-order valence-corrected chi connectivity index (χ4v) is 9.19.